The van der Waals surface area contributed by atoms with Crippen LogP contribution >= 0.6 is 0 Å². The minimum absolute atomic E-state index is 0.175. The summed E-state index contributed by atoms with van der Waals surface area (Å²) < 4.78 is 44.8. The average molecular weight is 295 g/mol. The molecule has 21 heavy (non-hydrogen) atoms. The number of rotatable bonds is 4. The molecule has 0 bridgehead atoms. The minimum atomic E-state index is -4.45. The Hall–Kier alpha value is -2.33. The van der Waals surface area contributed by atoms with Gasteiger partial charge in [-0.15, -0.1) is 0 Å². The third kappa shape index (κ3) is 3.41. The number of benzene rings is 1. The van der Waals surface area contributed by atoms with E-state index in [1.54, 1.807) is 18.0 Å². The summed E-state index contributed by atoms with van der Waals surface area (Å²) in [5.41, 5.74) is 0.0696. The molecule has 0 saturated heterocycles. The molecule has 0 saturated carbocycles. The van der Waals surface area contributed by atoms with Gasteiger partial charge >= 0.3 is 6.18 Å². The van der Waals surface area contributed by atoms with E-state index >= 15 is 0 Å². The first kappa shape index (κ1) is 15.1. The van der Waals surface area contributed by atoms with E-state index < -0.39 is 11.7 Å². The highest BCUT2D eigenvalue weighted by molar-refractivity contribution is 5.70. The summed E-state index contributed by atoms with van der Waals surface area (Å²) in [7, 11) is 1.55. The molecular formula is C14H12F3N3O. The number of nitrogens with zero attached hydrogens (tertiary/aromatic N) is 3. The third-order valence-electron chi connectivity index (χ3n) is 2.94. The van der Waals surface area contributed by atoms with Gasteiger partial charge in [0.1, 0.15) is 0 Å². The highest BCUT2D eigenvalue weighted by Gasteiger charge is 2.31. The van der Waals surface area contributed by atoms with Crippen molar-refractivity contribution in [2.24, 2.45) is 0 Å². The number of ether oxygens (including phenoxy) is 1. The van der Waals surface area contributed by atoms with Crippen LogP contribution in [0.1, 0.15) is 11.1 Å². The van der Waals surface area contributed by atoms with Crippen molar-refractivity contribution in [3.8, 4) is 17.2 Å². The zero-order valence-corrected chi connectivity index (χ0v) is 11.2. The van der Waals surface area contributed by atoms with Gasteiger partial charge in [-0.3, -0.25) is 4.68 Å². The second kappa shape index (κ2) is 5.97. The lowest BCUT2D eigenvalue weighted by atomic mass is 10.00. The Balaban J connectivity index is 2.42. The standard InChI is InChI=1S/C14H12F3N3O/c1-21-5-4-20-9-11(8-19-20)13-6-12(14(15,16)17)3-2-10(13)7-18/h2-3,6,8-9H,4-5H2,1H3. The topological polar surface area (TPSA) is 50.8 Å². The summed E-state index contributed by atoms with van der Waals surface area (Å²) in [6.45, 7) is 0.923. The van der Waals surface area contributed by atoms with Crippen LogP contribution in [0.2, 0.25) is 0 Å². The Morgan fingerprint density at radius 1 is 1.38 bits per heavy atom. The predicted molar refractivity (Wildman–Crippen MR) is 69.3 cm³/mol. The maximum atomic E-state index is 12.8. The molecule has 0 amide bonds. The molecule has 110 valence electrons. The highest BCUT2D eigenvalue weighted by Crippen LogP contribution is 2.33. The fourth-order valence-corrected chi connectivity index (χ4v) is 1.87. The summed E-state index contributed by atoms with van der Waals surface area (Å²) in [6.07, 6.45) is -1.42. The first-order valence-electron chi connectivity index (χ1n) is 6.09. The Morgan fingerprint density at radius 3 is 2.76 bits per heavy atom. The number of aromatic nitrogens is 2. The first-order chi connectivity index (χ1) is 9.95. The largest absolute Gasteiger partial charge is 0.416 e. The van der Waals surface area contributed by atoms with Gasteiger partial charge < -0.3 is 4.74 Å². The number of hydrogen-bond donors (Lipinski definition) is 0. The van der Waals surface area contributed by atoms with Gasteiger partial charge in [0.25, 0.3) is 0 Å². The van der Waals surface area contributed by atoms with Crippen LogP contribution in [0.15, 0.2) is 30.6 Å². The van der Waals surface area contributed by atoms with Crippen LogP contribution in [-0.4, -0.2) is 23.5 Å². The zero-order valence-electron chi connectivity index (χ0n) is 11.2. The number of halogens is 3. The maximum Gasteiger partial charge on any atom is 0.416 e. The Labute approximate surface area is 119 Å². The lowest BCUT2D eigenvalue weighted by Crippen LogP contribution is -2.05. The van der Waals surface area contributed by atoms with E-state index in [2.05, 4.69) is 5.10 Å². The fraction of sp³-hybridized carbons (Fsp3) is 0.286. The molecule has 0 radical (unpaired) electrons. The lowest BCUT2D eigenvalue weighted by Gasteiger charge is -2.09. The molecule has 1 aromatic carbocycles. The van der Waals surface area contributed by atoms with Crippen molar-refractivity contribution in [1.82, 2.24) is 9.78 Å². The summed E-state index contributed by atoms with van der Waals surface area (Å²) in [6, 6.07) is 4.94. The molecule has 0 unspecified atom stereocenters. The molecule has 1 aromatic heterocycles. The van der Waals surface area contributed by atoms with Gasteiger partial charge in [0, 0.05) is 24.4 Å². The molecule has 0 fully saturated rings. The zero-order chi connectivity index (χ0) is 15.5. The van der Waals surface area contributed by atoms with E-state index in [0.29, 0.717) is 18.7 Å². The summed E-state index contributed by atoms with van der Waals surface area (Å²) in [4.78, 5) is 0. The molecule has 7 heteroatoms. The summed E-state index contributed by atoms with van der Waals surface area (Å²) in [5, 5.41) is 13.1. The monoisotopic (exact) mass is 295 g/mol. The van der Waals surface area contributed by atoms with Crippen LogP contribution in [0.3, 0.4) is 0 Å². The van der Waals surface area contributed by atoms with Crippen molar-refractivity contribution in [1.29, 1.82) is 5.26 Å². The Morgan fingerprint density at radius 2 is 2.14 bits per heavy atom. The van der Waals surface area contributed by atoms with Crippen molar-refractivity contribution in [3.05, 3.63) is 41.7 Å². The molecule has 2 rings (SSSR count). The average Bonchev–Trinajstić information content (AvgIpc) is 2.92. The minimum Gasteiger partial charge on any atom is -0.383 e. The molecule has 0 aliphatic heterocycles. The number of hydrogen-bond acceptors (Lipinski definition) is 3. The molecule has 2 aromatic rings. The molecule has 4 nitrogen and oxygen atoms in total. The van der Waals surface area contributed by atoms with Gasteiger partial charge in [-0.2, -0.15) is 23.5 Å². The van der Waals surface area contributed by atoms with Crippen LogP contribution in [0.4, 0.5) is 13.2 Å². The smallest absolute Gasteiger partial charge is 0.383 e. The second-order valence-corrected chi connectivity index (χ2v) is 4.35. The maximum absolute atomic E-state index is 12.8. The van der Waals surface area contributed by atoms with Crippen molar-refractivity contribution in [2.75, 3.05) is 13.7 Å². The van der Waals surface area contributed by atoms with E-state index in [1.807, 2.05) is 6.07 Å². The molecule has 0 atom stereocenters. The Kier molecular flexibility index (Phi) is 4.29. The van der Waals surface area contributed by atoms with Gasteiger partial charge in [-0.05, 0) is 18.2 Å². The predicted octanol–water partition coefficient (Wildman–Crippen LogP) is 3.09. The number of nitriles is 1. The molecular weight excluding hydrogens is 283 g/mol. The van der Waals surface area contributed by atoms with Gasteiger partial charge in [-0.25, -0.2) is 0 Å². The second-order valence-electron chi connectivity index (χ2n) is 4.35. The molecule has 0 N–H and O–H groups in total. The van der Waals surface area contributed by atoms with Gasteiger partial charge in [0.15, 0.2) is 0 Å². The highest BCUT2D eigenvalue weighted by atomic mass is 19.4. The number of methoxy groups -OCH3 is 1. The van der Waals surface area contributed by atoms with Crippen molar-refractivity contribution < 1.29 is 17.9 Å². The fourth-order valence-electron chi connectivity index (χ4n) is 1.87. The molecule has 0 spiro atoms. The van der Waals surface area contributed by atoms with Gasteiger partial charge in [0.05, 0.1) is 36.5 Å². The van der Waals surface area contributed by atoms with Gasteiger partial charge in [0.2, 0.25) is 0 Å². The van der Waals surface area contributed by atoms with Crippen LogP contribution in [0.5, 0.6) is 0 Å². The SMILES string of the molecule is COCCn1cc(-c2cc(C(F)(F)F)ccc2C#N)cn1. The van der Waals surface area contributed by atoms with E-state index in [0.717, 1.165) is 12.1 Å². The van der Waals surface area contributed by atoms with Crippen LogP contribution in [0.25, 0.3) is 11.1 Å². The van der Waals surface area contributed by atoms with E-state index in [9.17, 15) is 13.2 Å². The first-order valence-corrected chi connectivity index (χ1v) is 6.09. The van der Waals surface area contributed by atoms with E-state index in [-0.39, 0.29) is 11.1 Å². The van der Waals surface area contributed by atoms with Crippen LogP contribution in [0, 0.1) is 11.3 Å². The van der Waals surface area contributed by atoms with Crippen molar-refractivity contribution in [2.45, 2.75) is 12.7 Å². The van der Waals surface area contributed by atoms with Crippen LogP contribution in [-0.2, 0) is 17.5 Å². The van der Waals surface area contributed by atoms with Gasteiger partial charge in [-0.1, -0.05) is 0 Å². The number of alkyl halides is 3. The Bertz CT molecular complexity index is 671. The summed E-state index contributed by atoms with van der Waals surface area (Å²) in [5.74, 6) is 0. The summed E-state index contributed by atoms with van der Waals surface area (Å²) >= 11 is 0. The quantitative estimate of drug-likeness (QED) is 0.871. The third-order valence-corrected chi connectivity index (χ3v) is 2.94. The normalized spacial score (nSPS) is 11.4. The van der Waals surface area contributed by atoms with E-state index in [1.165, 1.54) is 12.3 Å². The molecule has 0 aliphatic carbocycles. The molecule has 0 aliphatic rings. The van der Waals surface area contributed by atoms with E-state index in [4.69, 9.17) is 10.00 Å². The van der Waals surface area contributed by atoms with Crippen LogP contribution < -0.4 is 0 Å². The van der Waals surface area contributed by atoms with Crippen molar-refractivity contribution in [3.63, 3.8) is 0 Å². The molecule has 1 heterocycles. The van der Waals surface area contributed by atoms with Crippen molar-refractivity contribution >= 4 is 0 Å². The lowest BCUT2D eigenvalue weighted by molar-refractivity contribution is -0.137.